The average Bonchev–Trinajstić information content (AvgIpc) is 3.65. The number of rotatable bonds is 7. The highest BCUT2D eigenvalue weighted by Crippen LogP contribution is 2.30. The lowest BCUT2D eigenvalue weighted by atomic mass is 10.0. The fourth-order valence-corrected chi connectivity index (χ4v) is 3.96. The highest BCUT2D eigenvalue weighted by Gasteiger charge is 2.35. The summed E-state index contributed by atoms with van der Waals surface area (Å²) in [6, 6.07) is 5.91. The van der Waals surface area contributed by atoms with Gasteiger partial charge in [-0.05, 0) is 56.4 Å². The molecule has 0 aromatic carbocycles. The van der Waals surface area contributed by atoms with Crippen LogP contribution in [0.3, 0.4) is 0 Å². The van der Waals surface area contributed by atoms with Crippen LogP contribution in [0.25, 0.3) is 11.3 Å². The number of carbonyl (C=O) groups is 3. The zero-order valence-corrected chi connectivity index (χ0v) is 18.4. The van der Waals surface area contributed by atoms with E-state index in [-0.39, 0.29) is 24.4 Å². The summed E-state index contributed by atoms with van der Waals surface area (Å²) in [5.41, 5.74) is 4.00. The predicted molar refractivity (Wildman–Crippen MR) is 121 cm³/mol. The second-order valence-corrected chi connectivity index (χ2v) is 8.34. The molecule has 0 radical (unpaired) electrons. The number of nitrogens with zero attached hydrogens (tertiary/aromatic N) is 4. The first kappa shape index (κ1) is 21.7. The lowest BCUT2D eigenvalue weighted by Gasteiger charge is -2.33. The van der Waals surface area contributed by atoms with Crippen LogP contribution in [0.4, 0.5) is 5.69 Å². The van der Waals surface area contributed by atoms with Crippen molar-refractivity contribution in [2.75, 3.05) is 25.5 Å². The fraction of sp³-hybridized carbons (Fsp3) is 0.375. The minimum atomic E-state index is -0.254. The van der Waals surface area contributed by atoms with Gasteiger partial charge in [-0.2, -0.15) is 0 Å². The minimum Gasteiger partial charge on any atom is -0.357 e. The lowest BCUT2D eigenvalue weighted by Crippen LogP contribution is -2.43. The fourth-order valence-electron chi connectivity index (χ4n) is 3.96. The molecule has 3 heterocycles. The molecule has 2 aromatic heterocycles. The first-order chi connectivity index (χ1) is 15.5. The van der Waals surface area contributed by atoms with E-state index < -0.39 is 0 Å². The van der Waals surface area contributed by atoms with Crippen LogP contribution in [0.5, 0.6) is 0 Å². The second-order valence-electron chi connectivity index (χ2n) is 8.34. The number of aldehydes is 1. The normalized spacial score (nSPS) is 16.0. The Morgan fingerprint density at radius 3 is 2.78 bits per heavy atom. The number of pyridine rings is 2. The number of allylic oxidation sites excluding steroid dienone is 1. The maximum absolute atomic E-state index is 13.0. The van der Waals surface area contributed by atoms with Crippen LogP contribution in [0.1, 0.15) is 31.2 Å². The number of nitrogens with one attached hydrogen (secondary N) is 1. The summed E-state index contributed by atoms with van der Waals surface area (Å²) in [6.07, 6.45) is 9.07. The predicted octanol–water partition coefficient (Wildman–Crippen LogP) is 2.56. The molecule has 0 spiro atoms. The summed E-state index contributed by atoms with van der Waals surface area (Å²) in [4.78, 5) is 49.5. The highest BCUT2D eigenvalue weighted by atomic mass is 16.2. The number of amides is 2. The topological polar surface area (TPSA) is 95.5 Å². The van der Waals surface area contributed by atoms with Crippen molar-refractivity contribution in [3.63, 3.8) is 0 Å². The molecule has 1 aliphatic carbocycles. The molecule has 1 saturated carbocycles. The summed E-state index contributed by atoms with van der Waals surface area (Å²) in [6.45, 7) is 2.46. The third-order valence-corrected chi connectivity index (χ3v) is 5.93. The van der Waals surface area contributed by atoms with Crippen LogP contribution in [0.15, 0.2) is 48.1 Å². The molecule has 8 nitrogen and oxygen atoms in total. The Bertz CT molecular complexity index is 1060. The van der Waals surface area contributed by atoms with Crippen LogP contribution >= 0.6 is 0 Å². The second kappa shape index (κ2) is 9.30. The minimum absolute atomic E-state index is 0.000711. The highest BCUT2D eigenvalue weighted by molar-refractivity contribution is 6.00. The molecule has 0 saturated heterocycles. The molecule has 2 aromatic rings. The molecule has 32 heavy (non-hydrogen) atoms. The van der Waals surface area contributed by atoms with Gasteiger partial charge in [0.05, 0.1) is 24.1 Å². The molecular weight excluding hydrogens is 406 g/mol. The van der Waals surface area contributed by atoms with Crippen molar-refractivity contribution in [3.05, 3.63) is 53.6 Å². The molecule has 1 aliphatic heterocycles. The monoisotopic (exact) mass is 433 g/mol. The van der Waals surface area contributed by atoms with E-state index in [4.69, 9.17) is 0 Å². The summed E-state index contributed by atoms with van der Waals surface area (Å²) >= 11 is 0. The van der Waals surface area contributed by atoms with Gasteiger partial charge >= 0.3 is 0 Å². The molecule has 1 fully saturated rings. The van der Waals surface area contributed by atoms with E-state index in [1.165, 1.54) is 0 Å². The third kappa shape index (κ3) is 4.69. The molecule has 8 heteroatoms. The van der Waals surface area contributed by atoms with Crippen LogP contribution in [0.2, 0.25) is 0 Å². The third-order valence-electron chi connectivity index (χ3n) is 5.93. The standard InChI is InChI=1S/C24H27N5O3/c1-16-11-20(17-5-3-9-25-12-17)26-13-21(16)27-22(31)14-29-10-4-6-18(15-30)23(29)24(32)28(2)19-7-8-19/h3,5,9,11-13,15,19H,4,6-8,10,14H2,1-2H3,(H,27,31). The Hall–Kier alpha value is -3.55. The molecule has 0 unspecified atom stereocenters. The van der Waals surface area contributed by atoms with Crippen molar-refractivity contribution in [2.45, 2.75) is 38.6 Å². The molecule has 1 N–H and O–H groups in total. The number of aryl methyl sites for hydroxylation is 1. The van der Waals surface area contributed by atoms with E-state index in [1.807, 2.05) is 25.1 Å². The van der Waals surface area contributed by atoms with Gasteiger partial charge < -0.3 is 15.1 Å². The van der Waals surface area contributed by atoms with Crippen molar-refractivity contribution in [2.24, 2.45) is 0 Å². The van der Waals surface area contributed by atoms with Crippen molar-refractivity contribution < 1.29 is 14.4 Å². The summed E-state index contributed by atoms with van der Waals surface area (Å²) < 4.78 is 0. The molecule has 2 aliphatic rings. The molecule has 4 rings (SSSR count). The molecule has 2 amide bonds. The number of carbonyl (C=O) groups excluding carboxylic acids is 3. The van der Waals surface area contributed by atoms with E-state index in [2.05, 4.69) is 15.3 Å². The maximum atomic E-state index is 13.0. The van der Waals surface area contributed by atoms with Crippen molar-refractivity contribution in [1.82, 2.24) is 19.8 Å². The number of aromatic nitrogens is 2. The van der Waals surface area contributed by atoms with E-state index in [0.29, 0.717) is 29.9 Å². The van der Waals surface area contributed by atoms with Gasteiger partial charge in [0.1, 0.15) is 12.0 Å². The van der Waals surface area contributed by atoms with Crippen molar-refractivity contribution >= 4 is 23.8 Å². The van der Waals surface area contributed by atoms with Gasteiger partial charge in [-0.15, -0.1) is 0 Å². The SMILES string of the molecule is Cc1cc(-c2cccnc2)ncc1NC(=O)CN1CCCC(C=O)=C1C(=O)N(C)C1CC1. The van der Waals surface area contributed by atoms with Crippen molar-refractivity contribution in [3.8, 4) is 11.3 Å². The van der Waals surface area contributed by atoms with Crippen LogP contribution < -0.4 is 5.32 Å². The molecule has 0 bridgehead atoms. The number of likely N-dealkylation sites (N-methyl/N-ethyl adjacent to an activating group) is 1. The van der Waals surface area contributed by atoms with Crippen LogP contribution in [-0.2, 0) is 14.4 Å². The van der Waals surface area contributed by atoms with Crippen molar-refractivity contribution in [1.29, 1.82) is 0 Å². The zero-order valence-electron chi connectivity index (χ0n) is 18.4. The Balaban J connectivity index is 1.48. The maximum Gasteiger partial charge on any atom is 0.270 e. The average molecular weight is 434 g/mol. The van der Waals surface area contributed by atoms with E-state index in [1.54, 1.807) is 35.4 Å². The Morgan fingerprint density at radius 1 is 1.31 bits per heavy atom. The number of hydrogen-bond donors (Lipinski definition) is 1. The first-order valence-corrected chi connectivity index (χ1v) is 10.8. The smallest absolute Gasteiger partial charge is 0.270 e. The van der Waals surface area contributed by atoms with Gasteiger partial charge in [-0.25, -0.2) is 0 Å². The lowest BCUT2D eigenvalue weighted by molar-refractivity contribution is -0.129. The van der Waals surface area contributed by atoms with E-state index in [9.17, 15) is 14.4 Å². The molecule has 166 valence electrons. The quantitative estimate of drug-likeness (QED) is 0.675. The number of hydrogen-bond acceptors (Lipinski definition) is 6. The largest absolute Gasteiger partial charge is 0.357 e. The summed E-state index contributed by atoms with van der Waals surface area (Å²) in [5, 5.41) is 2.90. The molecule has 0 atom stereocenters. The Kier molecular flexibility index (Phi) is 6.30. The Labute approximate surface area is 187 Å². The Morgan fingerprint density at radius 2 is 2.12 bits per heavy atom. The molecular formula is C24H27N5O3. The van der Waals surface area contributed by atoms with Gasteiger partial charge in [0.15, 0.2) is 0 Å². The van der Waals surface area contributed by atoms with Gasteiger partial charge in [0.2, 0.25) is 5.91 Å². The van der Waals surface area contributed by atoms with Gasteiger partial charge in [0.25, 0.3) is 5.91 Å². The summed E-state index contributed by atoms with van der Waals surface area (Å²) in [7, 11) is 1.76. The zero-order chi connectivity index (χ0) is 22.7. The van der Waals surface area contributed by atoms with Gasteiger partial charge in [-0.3, -0.25) is 24.4 Å². The van der Waals surface area contributed by atoms with Gasteiger partial charge in [0, 0.05) is 43.2 Å². The van der Waals surface area contributed by atoms with Crippen LogP contribution in [-0.4, -0.2) is 64.0 Å². The number of anilines is 1. The first-order valence-electron chi connectivity index (χ1n) is 10.8. The van der Waals surface area contributed by atoms with E-state index >= 15 is 0 Å². The van der Waals surface area contributed by atoms with Gasteiger partial charge in [-0.1, -0.05) is 0 Å². The summed E-state index contributed by atoms with van der Waals surface area (Å²) in [5.74, 6) is -0.434. The van der Waals surface area contributed by atoms with Crippen LogP contribution in [0, 0.1) is 6.92 Å². The van der Waals surface area contributed by atoms with E-state index in [0.717, 1.165) is 42.4 Å².